The number of hydrogen-bond donors (Lipinski definition) is 4. The number of nitrogens with one attached hydrogen (secondary N) is 3. The molecule has 1 saturated carbocycles. The first-order chi connectivity index (χ1) is 17.0. The molecule has 3 unspecified atom stereocenters. The van der Waals surface area contributed by atoms with Crippen molar-refractivity contribution in [3.63, 3.8) is 0 Å². The molecular weight excluding hydrogens is 520 g/mol. The second-order valence-corrected chi connectivity index (χ2v) is 14.8. The highest BCUT2D eigenvalue weighted by atomic mass is 32.2. The molecule has 0 spiro atoms. The zero-order valence-corrected chi connectivity index (χ0v) is 24.3. The molecule has 2 fully saturated rings. The van der Waals surface area contributed by atoms with Gasteiger partial charge >= 0.3 is 18.2 Å². The van der Waals surface area contributed by atoms with Crippen molar-refractivity contribution in [3.8, 4) is 0 Å². The van der Waals surface area contributed by atoms with Gasteiger partial charge in [-0.3, -0.25) is 15.4 Å². The summed E-state index contributed by atoms with van der Waals surface area (Å²) in [4.78, 5) is 56.1. The van der Waals surface area contributed by atoms with Gasteiger partial charge in [-0.05, 0) is 90.0 Å². The van der Waals surface area contributed by atoms with E-state index in [1.165, 1.54) is 23.6 Å². The minimum absolute atomic E-state index is 0.300. The largest absolute Gasteiger partial charge is 0.480 e. The first-order valence-corrected chi connectivity index (χ1v) is 14.7. The van der Waals surface area contributed by atoms with Gasteiger partial charge in [0, 0.05) is 6.92 Å². The number of alkyl carbamates (subject to hydrolysis) is 2. The first kappa shape index (κ1) is 30.9. The lowest BCUT2D eigenvalue weighted by Crippen LogP contribution is -2.57. The van der Waals surface area contributed by atoms with Gasteiger partial charge in [0.1, 0.15) is 11.2 Å². The second kappa shape index (κ2) is 12.5. The summed E-state index contributed by atoms with van der Waals surface area (Å²) < 4.78 is 9.31. The summed E-state index contributed by atoms with van der Waals surface area (Å²) in [5, 5.41) is 17.8. The van der Waals surface area contributed by atoms with Gasteiger partial charge in [-0.15, -0.1) is 22.2 Å². The van der Waals surface area contributed by atoms with Gasteiger partial charge < -0.3 is 19.9 Å². The van der Waals surface area contributed by atoms with E-state index in [0.29, 0.717) is 11.5 Å². The molecular formula is C24H40N4O7S2. The Balaban J connectivity index is 2.69. The van der Waals surface area contributed by atoms with Crippen LogP contribution in [0.15, 0.2) is 4.99 Å². The van der Waals surface area contributed by atoms with Gasteiger partial charge in [0.15, 0.2) is 10.2 Å². The molecule has 13 heteroatoms. The van der Waals surface area contributed by atoms with Crippen LogP contribution in [0.3, 0.4) is 0 Å². The van der Waals surface area contributed by atoms with Gasteiger partial charge in [0.2, 0.25) is 11.9 Å². The molecule has 1 aliphatic carbocycles. The number of nitrogens with zero attached hydrogens (tertiary/aromatic N) is 1. The Morgan fingerprint density at radius 2 is 1.49 bits per heavy atom. The van der Waals surface area contributed by atoms with Crippen molar-refractivity contribution in [2.45, 2.75) is 102 Å². The maximum atomic E-state index is 12.7. The van der Waals surface area contributed by atoms with E-state index >= 15 is 0 Å². The van der Waals surface area contributed by atoms with E-state index in [-0.39, 0.29) is 5.96 Å². The summed E-state index contributed by atoms with van der Waals surface area (Å²) in [7, 11) is -0.659. The summed E-state index contributed by atoms with van der Waals surface area (Å²) in [5.74, 6) is -0.782. The number of carbonyl (C=O) groups is 4. The molecule has 1 heterocycles. The normalized spacial score (nSPS) is 22.9. The molecule has 210 valence electrons. The average Bonchev–Trinajstić information content (AvgIpc) is 3.23. The number of carbonyl (C=O) groups excluding carboxylic acids is 3. The number of rotatable bonds is 4. The highest BCUT2D eigenvalue weighted by Crippen LogP contribution is 2.53. The Hall–Kier alpha value is -2.28. The Morgan fingerprint density at radius 1 is 0.973 bits per heavy atom. The molecule has 2 aliphatic rings. The maximum Gasteiger partial charge on any atom is 0.414 e. The van der Waals surface area contributed by atoms with Gasteiger partial charge in [-0.25, -0.2) is 19.4 Å². The summed E-state index contributed by atoms with van der Waals surface area (Å²) >= 11 is 1.32. The predicted molar refractivity (Wildman–Crippen MR) is 147 cm³/mol. The molecule has 3 amide bonds. The molecule has 37 heavy (non-hydrogen) atoms. The molecule has 1 saturated heterocycles. The summed E-state index contributed by atoms with van der Waals surface area (Å²) in [6.07, 6.45) is 2.80. The standard InChI is InChI=1S/C24H40N4O7S2/c1-15(29)25-17(18(30)31)24(36-13-10-14-37(24)16-11-8-9-12-16)28-19(26-20(32)34-22(2,3)4)27-21(33)35-23(5,6)7/h17H,8-14H2,1-7H3,(H,25,29)(H,30,31)(H2,26,27,28,32,33). The fraction of sp³-hybridized carbons (Fsp3) is 0.750. The molecule has 0 radical (unpaired) electrons. The third-order valence-electron chi connectivity index (χ3n) is 5.13. The van der Waals surface area contributed by atoms with Gasteiger partial charge in [-0.1, -0.05) is 0 Å². The van der Waals surface area contributed by atoms with Crippen LogP contribution in [0.5, 0.6) is 0 Å². The number of aliphatic carboxylic acids is 1. The number of aliphatic imine (C=N–C) groups is 1. The fourth-order valence-electron chi connectivity index (χ4n) is 3.94. The third kappa shape index (κ3) is 9.51. The third-order valence-corrected chi connectivity index (χ3v) is 10.2. The zero-order valence-electron chi connectivity index (χ0n) is 22.7. The van der Waals surface area contributed by atoms with Crippen molar-refractivity contribution in [3.05, 3.63) is 0 Å². The molecule has 0 aromatic rings. The lowest BCUT2D eigenvalue weighted by atomic mass is 10.2. The number of carboxylic acids is 1. The van der Waals surface area contributed by atoms with Gasteiger partial charge in [0.05, 0.1) is 0 Å². The molecule has 0 aromatic carbocycles. The Kier molecular flexibility index (Phi) is 10.5. The zero-order chi connectivity index (χ0) is 28.0. The average molecular weight is 561 g/mol. The molecule has 4 N–H and O–H groups in total. The number of amides is 3. The Labute approximate surface area is 225 Å². The summed E-state index contributed by atoms with van der Waals surface area (Å²) in [6.45, 7) is 11.4. The van der Waals surface area contributed by atoms with Crippen LogP contribution in [0, 0.1) is 0 Å². The summed E-state index contributed by atoms with van der Waals surface area (Å²) in [5.41, 5.74) is -1.66. The molecule has 2 rings (SSSR count). The van der Waals surface area contributed by atoms with Crippen LogP contribution in [0.25, 0.3) is 0 Å². The highest BCUT2D eigenvalue weighted by Gasteiger charge is 2.50. The van der Waals surface area contributed by atoms with E-state index in [4.69, 9.17) is 14.5 Å². The molecule has 11 nitrogen and oxygen atoms in total. The van der Waals surface area contributed by atoms with Gasteiger partial charge in [0.25, 0.3) is 0 Å². The number of carboxylic acid groups (broad SMARTS) is 1. The van der Waals surface area contributed by atoms with E-state index in [1.807, 2.05) is 0 Å². The monoisotopic (exact) mass is 560 g/mol. The Bertz CT molecular complexity index is 929. The topological polar surface area (TPSA) is 155 Å². The van der Waals surface area contributed by atoms with Crippen molar-refractivity contribution in [2.75, 3.05) is 11.5 Å². The van der Waals surface area contributed by atoms with Crippen LogP contribution in [-0.4, -0.2) is 72.9 Å². The number of guanidine groups is 1. The Morgan fingerprint density at radius 3 is 1.92 bits per heavy atom. The second-order valence-electron chi connectivity index (χ2n) is 10.9. The maximum absolute atomic E-state index is 12.7. The quantitative estimate of drug-likeness (QED) is 0.230. The van der Waals surface area contributed by atoms with Crippen molar-refractivity contribution >= 4 is 57.1 Å². The minimum atomic E-state index is -1.40. The first-order valence-electron chi connectivity index (χ1n) is 12.3. The summed E-state index contributed by atoms with van der Waals surface area (Å²) in [6, 6.07) is -1.40. The lowest BCUT2D eigenvalue weighted by Gasteiger charge is -2.42. The number of thioether (sulfide) groups is 1. The molecule has 0 aromatic heterocycles. The van der Waals surface area contributed by atoms with Crippen molar-refractivity contribution in [2.24, 2.45) is 4.99 Å². The molecule has 3 atom stereocenters. The van der Waals surface area contributed by atoms with Crippen LogP contribution in [-0.2, 0) is 19.1 Å². The van der Waals surface area contributed by atoms with E-state index in [2.05, 4.69) is 16.0 Å². The van der Waals surface area contributed by atoms with Gasteiger partial charge in [-0.2, -0.15) is 0 Å². The van der Waals surface area contributed by atoms with Crippen LogP contribution >= 0.6 is 22.2 Å². The minimum Gasteiger partial charge on any atom is -0.480 e. The fourth-order valence-corrected chi connectivity index (χ4v) is 9.46. The lowest BCUT2D eigenvalue weighted by molar-refractivity contribution is -0.141. The van der Waals surface area contributed by atoms with Crippen molar-refractivity contribution in [1.82, 2.24) is 16.0 Å². The van der Waals surface area contributed by atoms with Crippen LogP contribution in [0.2, 0.25) is 0 Å². The van der Waals surface area contributed by atoms with Crippen molar-refractivity contribution in [1.29, 1.82) is 0 Å². The smallest absolute Gasteiger partial charge is 0.414 e. The van der Waals surface area contributed by atoms with E-state index in [1.54, 1.807) is 41.5 Å². The number of hydrogen-bond acceptors (Lipinski definition) is 8. The van der Waals surface area contributed by atoms with Crippen LogP contribution in [0.1, 0.15) is 80.6 Å². The SMILES string of the molecule is CC(=O)NC(C(=O)O)C1(N=C(NC(=O)OC(C)(C)C)NC(=O)OC(C)(C)C)SCCCS1=C1CCCC1. The highest BCUT2D eigenvalue weighted by molar-refractivity contribution is 8.28. The molecule has 0 bridgehead atoms. The van der Waals surface area contributed by atoms with Crippen LogP contribution in [0.4, 0.5) is 9.59 Å². The van der Waals surface area contributed by atoms with Crippen molar-refractivity contribution < 1.29 is 33.8 Å². The van der Waals surface area contributed by atoms with E-state index in [9.17, 15) is 24.3 Å². The van der Waals surface area contributed by atoms with E-state index < -0.39 is 56.0 Å². The van der Waals surface area contributed by atoms with Crippen LogP contribution < -0.4 is 16.0 Å². The predicted octanol–water partition coefficient (Wildman–Crippen LogP) is 3.79. The number of ether oxygens (including phenoxy) is 2. The molecule has 1 aliphatic heterocycles. The van der Waals surface area contributed by atoms with E-state index in [0.717, 1.165) is 32.1 Å².